The minimum Gasteiger partial charge on any atom is -0.383 e. The lowest BCUT2D eigenvalue weighted by Gasteiger charge is -2.17. The molecule has 4 rings (SSSR count). The lowest BCUT2D eigenvalue weighted by atomic mass is 10.0. The fourth-order valence-corrected chi connectivity index (χ4v) is 3.57. The zero-order valence-electron chi connectivity index (χ0n) is 16.6. The molecule has 4 aromatic rings. The van der Waals surface area contributed by atoms with Gasteiger partial charge in [0, 0.05) is 23.3 Å². The van der Waals surface area contributed by atoms with E-state index in [1.807, 2.05) is 12.1 Å². The first-order valence-electron chi connectivity index (χ1n) is 9.56. The number of alkyl halides is 3. The van der Waals surface area contributed by atoms with Crippen LogP contribution in [0.2, 0.25) is 5.02 Å². The Morgan fingerprint density at radius 3 is 2.28 bits per heavy atom. The van der Waals surface area contributed by atoms with E-state index in [-0.39, 0.29) is 6.54 Å². The zero-order chi connectivity index (χ0) is 22.9. The van der Waals surface area contributed by atoms with Crippen LogP contribution in [0.4, 0.5) is 19.0 Å². The highest BCUT2D eigenvalue weighted by Gasteiger charge is 2.30. The van der Waals surface area contributed by atoms with Crippen molar-refractivity contribution in [1.82, 2.24) is 19.7 Å². The molecule has 0 amide bonds. The Kier molecular flexibility index (Phi) is 5.86. The number of rotatable bonds is 5. The van der Waals surface area contributed by atoms with Crippen LogP contribution in [0.25, 0.3) is 22.4 Å². The first kappa shape index (κ1) is 21.8. The maximum absolute atomic E-state index is 12.9. The van der Waals surface area contributed by atoms with Crippen molar-refractivity contribution in [3.63, 3.8) is 0 Å². The standard InChI is InChI=1S/C22H18ClF3N6/c23-17-7-3-14(4-8-17)19-20(29-12-30-21(19)28)15-10-31-32(11-15)18(9-27)13-1-5-16(6-2-13)22(24,25)26/h1-8,10-12,18H,9,27H2,(H2,28,29,30)/t18-/m0/s1. The Bertz CT molecular complexity index is 1220. The summed E-state index contributed by atoms with van der Waals surface area (Å²) in [6.45, 7) is 0.141. The molecule has 164 valence electrons. The summed E-state index contributed by atoms with van der Waals surface area (Å²) in [4.78, 5) is 8.48. The summed E-state index contributed by atoms with van der Waals surface area (Å²) in [5.41, 5.74) is 14.6. The van der Waals surface area contributed by atoms with E-state index in [9.17, 15) is 13.2 Å². The molecule has 2 aromatic carbocycles. The van der Waals surface area contributed by atoms with Crippen molar-refractivity contribution in [3.05, 3.63) is 83.4 Å². The van der Waals surface area contributed by atoms with E-state index in [2.05, 4.69) is 15.1 Å². The monoisotopic (exact) mass is 458 g/mol. The van der Waals surface area contributed by atoms with Crippen molar-refractivity contribution < 1.29 is 13.2 Å². The molecule has 2 heterocycles. The van der Waals surface area contributed by atoms with Gasteiger partial charge in [0.2, 0.25) is 0 Å². The van der Waals surface area contributed by atoms with Crippen LogP contribution >= 0.6 is 11.6 Å². The van der Waals surface area contributed by atoms with Crippen molar-refractivity contribution in [2.45, 2.75) is 12.2 Å². The number of hydrogen-bond donors (Lipinski definition) is 2. The molecule has 0 fully saturated rings. The second-order valence-electron chi connectivity index (χ2n) is 7.07. The third-order valence-corrected chi connectivity index (χ3v) is 5.30. The van der Waals surface area contributed by atoms with E-state index in [0.717, 1.165) is 17.7 Å². The Labute approximate surface area is 186 Å². The number of hydrogen-bond acceptors (Lipinski definition) is 5. The molecule has 0 aliphatic rings. The number of nitrogens with two attached hydrogens (primary N) is 2. The summed E-state index contributed by atoms with van der Waals surface area (Å²) in [6.07, 6.45) is 0.294. The normalized spacial score (nSPS) is 12.7. The molecular formula is C22H18ClF3N6. The van der Waals surface area contributed by atoms with Crippen LogP contribution in [0.1, 0.15) is 17.2 Å². The molecule has 32 heavy (non-hydrogen) atoms. The van der Waals surface area contributed by atoms with Gasteiger partial charge < -0.3 is 11.5 Å². The summed E-state index contributed by atoms with van der Waals surface area (Å²) < 4.78 is 40.2. The van der Waals surface area contributed by atoms with Gasteiger partial charge in [-0.15, -0.1) is 0 Å². The second kappa shape index (κ2) is 8.60. The van der Waals surface area contributed by atoms with Crippen LogP contribution in [-0.2, 0) is 6.18 Å². The van der Waals surface area contributed by atoms with Crippen LogP contribution in [0.15, 0.2) is 67.3 Å². The molecule has 0 spiro atoms. The highest BCUT2D eigenvalue weighted by molar-refractivity contribution is 6.30. The van der Waals surface area contributed by atoms with Gasteiger partial charge in [0.05, 0.1) is 29.1 Å². The third kappa shape index (κ3) is 4.30. The van der Waals surface area contributed by atoms with Gasteiger partial charge in [-0.1, -0.05) is 35.9 Å². The molecule has 6 nitrogen and oxygen atoms in total. The summed E-state index contributed by atoms with van der Waals surface area (Å²) in [7, 11) is 0. The van der Waals surface area contributed by atoms with Gasteiger partial charge in [-0.3, -0.25) is 4.68 Å². The molecule has 0 bridgehead atoms. The molecule has 0 radical (unpaired) electrons. The number of nitrogens with zero attached hydrogens (tertiary/aromatic N) is 4. The maximum atomic E-state index is 12.9. The Balaban J connectivity index is 1.71. The minimum atomic E-state index is -4.40. The SMILES string of the molecule is NC[C@@H](c1ccc(C(F)(F)F)cc1)n1cc(-c2ncnc(N)c2-c2ccc(Cl)cc2)cn1. The smallest absolute Gasteiger partial charge is 0.383 e. The molecule has 0 aliphatic carbocycles. The van der Waals surface area contributed by atoms with Crippen LogP contribution in [0.5, 0.6) is 0 Å². The fraction of sp³-hybridized carbons (Fsp3) is 0.136. The van der Waals surface area contributed by atoms with Gasteiger partial charge in [0.25, 0.3) is 0 Å². The van der Waals surface area contributed by atoms with Gasteiger partial charge in [-0.25, -0.2) is 9.97 Å². The number of nitrogen functional groups attached to an aromatic ring is 1. The van der Waals surface area contributed by atoms with Gasteiger partial charge in [-0.2, -0.15) is 18.3 Å². The van der Waals surface area contributed by atoms with Crippen molar-refractivity contribution >= 4 is 17.4 Å². The fourth-order valence-electron chi connectivity index (χ4n) is 3.44. The van der Waals surface area contributed by atoms with Gasteiger partial charge in [-0.05, 0) is 35.4 Å². The van der Waals surface area contributed by atoms with Gasteiger partial charge >= 0.3 is 6.18 Å². The van der Waals surface area contributed by atoms with E-state index < -0.39 is 17.8 Å². The quantitative estimate of drug-likeness (QED) is 0.447. The molecule has 10 heteroatoms. The van der Waals surface area contributed by atoms with Gasteiger partial charge in [0.15, 0.2) is 0 Å². The van der Waals surface area contributed by atoms with Crippen molar-refractivity contribution in [1.29, 1.82) is 0 Å². The van der Waals surface area contributed by atoms with Crippen LogP contribution < -0.4 is 11.5 Å². The lowest BCUT2D eigenvalue weighted by molar-refractivity contribution is -0.137. The molecule has 0 saturated heterocycles. The first-order chi connectivity index (χ1) is 15.3. The van der Waals surface area contributed by atoms with E-state index in [4.69, 9.17) is 23.1 Å². The van der Waals surface area contributed by atoms with E-state index in [1.54, 1.807) is 29.2 Å². The van der Waals surface area contributed by atoms with Crippen LogP contribution in [0, 0.1) is 0 Å². The predicted molar refractivity (Wildman–Crippen MR) is 117 cm³/mol. The van der Waals surface area contributed by atoms with E-state index in [0.29, 0.717) is 33.2 Å². The van der Waals surface area contributed by atoms with Gasteiger partial charge in [0.1, 0.15) is 12.1 Å². The van der Waals surface area contributed by atoms with E-state index in [1.165, 1.54) is 18.5 Å². The molecule has 0 unspecified atom stereocenters. The molecular weight excluding hydrogens is 441 g/mol. The second-order valence-corrected chi connectivity index (χ2v) is 7.51. The Hall–Kier alpha value is -3.43. The minimum absolute atomic E-state index is 0.141. The summed E-state index contributed by atoms with van der Waals surface area (Å²) in [5, 5.41) is 4.97. The predicted octanol–water partition coefficient (Wildman–Crippen LogP) is 4.81. The average Bonchev–Trinajstić information content (AvgIpc) is 3.24. The largest absolute Gasteiger partial charge is 0.416 e. The summed E-state index contributed by atoms with van der Waals surface area (Å²) >= 11 is 5.99. The van der Waals surface area contributed by atoms with E-state index >= 15 is 0 Å². The number of halogens is 4. The van der Waals surface area contributed by atoms with Crippen molar-refractivity contribution in [3.8, 4) is 22.4 Å². The molecule has 0 saturated carbocycles. The third-order valence-electron chi connectivity index (χ3n) is 5.05. The number of aromatic nitrogens is 4. The number of anilines is 1. The number of benzene rings is 2. The molecule has 1 atom stereocenters. The summed E-state index contributed by atoms with van der Waals surface area (Å²) in [6, 6.07) is 11.5. The average molecular weight is 459 g/mol. The molecule has 0 aliphatic heterocycles. The van der Waals surface area contributed by atoms with Crippen molar-refractivity contribution in [2.75, 3.05) is 12.3 Å². The molecule has 4 N–H and O–H groups in total. The van der Waals surface area contributed by atoms with Crippen molar-refractivity contribution in [2.24, 2.45) is 5.73 Å². The summed E-state index contributed by atoms with van der Waals surface area (Å²) in [5.74, 6) is 0.295. The lowest BCUT2D eigenvalue weighted by Crippen LogP contribution is -2.21. The first-order valence-corrected chi connectivity index (χ1v) is 9.94. The molecule has 2 aromatic heterocycles. The zero-order valence-corrected chi connectivity index (χ0v) is 17.3. The Morgan fingerprint density at radius 2 is 1.66 bits per heavy atom. The highest BCUT2D eigenvalue weighted by Crippen LogP contribution is 2.35. The highest BCUT2D eigenvalue weighted by atomic mass is 35.5. The maximum Gasteiger partial charge on any atom is 0.416 e. The Morgan fingerprint density at radius 1 is 0.969 bits per heavy atom. The topological polar surface area (TPSA) is 95.6 Å². The van der Waals surface area contributed by atoms with Crippen LogP contribution in [0.3, 0.4) is 0 Å². The van der Waals surface area contributed by atoms with Crippen LogP contribution in [-0.4, -0.2) is 26.3 Å².